The van der Waals surface area contributed by atoms with E-state index in [2.05, 4.69) is 22.5 Å². The van der Waals surface area contributed by atoms with Crippen molar-refractivity contribution in [3.63, 3.8) is 0 Å². The van der Waals surface area contributed by atoms with Crippen molar-refractivity contribution in [3.8, 4) is 0 Å². The molecule has 0 aliphatic rings. The summed E-state index contributed by atoms with van der Waals surface area (Å²) in [7, 11) is 0. The molecule has 1 rings (SSSR count). The highest BCUT2D eigenvalue weighted by atomic mass is 16.1. The Morgan fingerprint density at radius 2 is 2.19 bits per heavy atom. The number of carbonyl (C=O) groups excluding carboxylic acids is 1. The van der Waals surface area contributed by atoms with Gasteiger partial charge < -0.3 is 10.6 Å². The van der Waals surface area contributed by atoms with Gasteiger partial charge in [-0.3, -0.25) is 9.78 Å². The summed E-state index contributed by atoms with van der Waals surface area (Å²) in [5.41, 5.74) is 1.42. The standard InChI is InChI=1S/C12H19N3O/c1-3-6-13-8-9-15-12(16)11-5-4-7-14-10(11)2/h4-5,7,13H,3,6,8-9H2,1-2H3,(H,15,16). The van der Waals surface area contributed by atoms with E-state index in [0.29, 0.717) is 12.1 Å². The molecule has 1 amide bonds. The predicted molar refractivity (Wildman–Crippen MR) is 64.5 cm³/mol. The molecule has 1 heterocycles. The Labute approximate surface area is 96.5 Å². The van der Waals surface area contributed by atoms with Crippen molar-refractivity contribution in [3.05, 3.63) is 29.6 Å². The van der Waals surface area contributed by atoms with Gasteiger partial charge in [-0.2, -0.15) is 0 Å². The van der Waals surface area contributed by atoms with Gasteiger partial charge >= 0.3 is 0 Å². The quantitative estimate of drug-likeness (QED) is 0.708. The number of amides is 1. The minimum Gasteiger partial charge on any atom is -0.351 e. The van der Waals surface area contributed by atoms with Crippen LogP contribution in [0.3, 0.4) is 0 Å². The molecule has 0 saturated carbocycles. The van der Waals surface area contributed by atoms with Gasteiger partial charge in [-0.1, -0.05) is 6.92 Å². The van der Waals surface area contributed by atoms with E-state index in [9.17, 15) is 4.79 Å². The number of aromatic nitrogens is 1. The first-order valence-electron chi connectivity index (χ1n) is 5.66. The molecule has 0 bridgehead atoms. The average Bonchev–Trinajstić information content (AvgIpc) is 2.29. The van der Waals surface area contributed by atoms with Gasteiger partial charge in [-0.15, -0.1) is 0 Å². The Bertz CT molecular complexity index is 339. The maximum atomic E-state index is 11.7. The maximum absolute atomic E-state index is 11.7. The highest BCUT2D eigenvalue weighted by Crippen LogP contribution is 2.02. The smallest absolute Gasteiger partial charge is 0.253 e. The molecule has 0 saturated heterocycles. The van der Waals surface area contributed by atoms with Gasteiger partial charge in [0.2, 0.25) is 0 Å². The number of nitrogens with one attached hydrogen (secondary N) is 2. The molecule has 4 nitrogen and oxygen atoms in total. The molecule has 1 aromatic heterocycles. The molecule has 2 N–H and O–H groups in total. The third kappa shape index (κ3) is 3.98. The molecule has 0 aliphatic carbocycles. The van der Waals surface area contributed by atoms with Crippen molar-refractivity contribution in [1.82, 2.24) is 15.6 Å². The summed E-state index contributed by atoms with van der Waals surface area (Å²) in [6.07, 6.45) is 2.80. The van der Waals surface area contributed by atoms with Crippen LogP contribution in [-0.4, -0.2) is 30.5 Å². The fourth-order valence-corrected chi connectivity index (χ4v) is 1.39. The van der Waals surface area contributed by atoms with Gasteiger partial charge in [0, 0.05) is 25.0 Å². The van der Waals surface area contributed by atoms with E-state index in [0.717, 1.165) is 25.2 Å². The molecule has 0 aromatic carbocycles. The summed E-state index contributed by atoms with van der Waals surface area (Å²) in [4.78, 5) is 15.8. The van der Waals surface area contributed by atoms with Gasteiger partial charge in [-0.05, 0) is 32.0 Å². The van der Waals surface area contributed by atoms with Gasteiger partial charge in [0.1, 0.15) is 0 Å². The van der Waals surface area contributed by atoms with E-state index in [4.69, 9.17) is 0 Å². The first-order chi connectivity index (χ1) is 7.75. The number of rotatable bonds is 6. The zero-order chi connectivity index (χ0) is 11.8. The summed E-state index contributed by atoms with van der Waals surface area (Å²) in [5.74, 6) is -0.0519. The van der Waals surface area contributed by atoms with E-state index in [1.807, 2.05) is 6.92 Å². The second-order valence-corrected chi connectivity index (χ2v) is 3.64. The molecule has 1 aromatic rings. The third-order valence-corrected chi connectivity index (χ3v) is 2.27. The molecule has 0 atom stereocenters. The van der Waals surface area contributed by atoms with Crippen LogP contribution in [0.15, 0.2) is 18.3 Å². The molecule has 16 heavy (non-hydrogen) atoms. The van der Waals surface area contributed by atoms with Gasteiger partial charge in [0.25, 0.3) is 5.91 Å². The fourth-order valence-electron chi connectivity index (χ4n) is 1.39. The molecule has 4 heteroatoms. The second kappa shape index (κ2) is 6.95. The van der Waals surface area contributed by atoms with Gasteiger partial charge in [0.05, 0.1) is 5.56 Å². The number of hydrogen-bond donors (Lipinski definition) is 2. The number of hydrogen-bond acceptors (Lipinski definition) is 3. The Hall–Kier alpha value is -1.42. The molecular formula is C12H19N3O. The zero-order valence-electron chi connectivity index (χ0n) is 9.92. The van der Waals surface area contributed by atoms with E-state index in [-0.39, 0.29) is 5.91 Å². The summed E-state index contributed by atoms with van der Waals surface area (Å²) >= 11 is 0. The van der Waals surface area contributed by atoms with Crippen LogP contribution >= 0.6 is 0 Å². The van der Waals surface area contributed by atoms with Crippen molar-refractivity contribution < 1.29 is 4.79 Å². The average molecular weight is 221 g/mol. The SMILES string of the molecule is CCCNCCNC(=O)c1cccnc1C. The number of carbonyl (C=O) groups is 1. The molecule has 0 aliphatic heterocycles. The Morgan fingerprint density at radius 3 is 2.88 bits per heavy atom. The highest BCUT2D eigenvalue weighted by Gasteiger charge is 2.07. The minimum absolute atomic E-state index is 0.0519. The van der Waals surface area contributed by atoms with Crippen LogP contribution in [0.4, 0.5) is 0 Å². The van der Waals surface area contributed by atoms with Crippen LogP contribution in [0.25, 0.3) is 0 Å². The van der Waals surface area contributed by atoms with Gasteiger partial charge in [0.15, 0.2) is 0 Å². The predicted octanol–water partition coefficient (Wildman–Crippen LogP) is 1.12. The lowest BCUT2D eigenvalue weighted by Gasteiger charge is -2.07. The number of aryl methyl sites for hydroxylation is 1. The third-order valence-electron chi connectivity index (χ3n) is 2.27. The van der Waals surface area contributed by atoms with E-state index in [1.165, 1.54) is 0 Å². The van der Waals surface area contributed by atoms with Crippen LogP contribution in [0.2, 0.25) is 0 Å². The van der Waals surface area contributed by atoms with Crippen molar-refractivity contribution in [2.45, 2.75) is 20.3 Å². The van der Waals surface area contributed by atoms with Gasteiger partial charge in [-0.25, -0.2) is 0 Å². The van der Waals surface area contributed by atoms with Crippen LogP contribution in [0.5, 0.6) is 0 Å². The van der Waals surface area contributed by atoms with E-state index >= 15 is 0 Å². The zero-order valence-corrected chi connectivity index (χ0v) is 9.92. The first kappa shape index (κ1) is 12.6. The summed E-state index contributed by atoms with van der Waals surface area (Å²) in [6.45, 7) is 6.39. The molecule has 0 spiro atoms. The Balaban J connectivity index is 2.33. The van der Waals surface area contributed by atoms with Crippen LogP contribution < -0.4 is 10.6 Å². The van der Waals surface area contributed by atoms with Crippen molar-refractivity contribution in [1.29, 1.82) is 0 Å². The van der Waals surface area contributed by atoms with E-state index < -0.39 is 0 Å². The van der Waals surface area contributed by atoms with Crippen molar-refractivity contribution in [2.24, 2.45) is 0 Å². The monoisotopic (exact) mass is 221 g/mol. The lowest BCUT2D eigenvalue weighted by molar-refractivity contribution is 0.0953. The molecule has 88 valence electrons. The summed E-state index contributed by atoms with van der Waals surface area (Å²) < 4.78 is 0. The first-order valence-corrected chi connectivity index (χ1v) is 5.66. The van der Waals surface area contributed by atoms with E-state index in [1.54, 1.807) is 18.3 Å². The van der Waals surface area contributed by atoms with Crippen LogP contribution in [0.1, 0.15) is 29.4 Å². The molecule has 0 unspecified atom stereocenters. The maximum Gasteiger partial charge on any atom is 0.253 e. The molecule has 0 radical (unpaired) electrons. The second-order valence-electron chi connectivity index (χ2n) is 3.64. The highest BCUT2D eigenvalue weighted by molar-refractivity contribution is 5.95. The Kier molecular flexibility index (Phi) is 5.50. The molecule has 0 fully saturated rings. The minimum atomic E-state index is -0.0519. The summed E-state index contributed by atoms with van der Waals surface area (Å²) in [6, 6.07) is 3.56. The topological polar surface area (TPSA) is 54.0 Å². The Morgan fingerprint density at radius 1 is 1.38 bits per heavy atom. The van der Waals surface area contributed by atoms with Crippen LogP contribution in [0, 0.1) is 6.92 Å². The normalized spacial score (nSPS) is 10.1. The number of pyridine rings is 1. The number of nitrogens with zero attached hydrogens (tertiary/aromatic N) is 1. The van der Waals surface area contributed by atoms with Crippen molar-refractivity contribution >= 4 is 5.91 Å². The lowest BCUT2D eigenvalue weighted by atomic mass is 10.2. The molecular weight excluding hydrogens is 202 g/mol. The van der Waals surface area contributed by atoms with Crippen LogP contribution in [-0.2, 0) is 0 Å². The largest absolute Gasteiger partial charge is 0.351 e. The van der Waals surface area contributed by atoms with Crippen molar-refractivity contribution in [2.75, 3.05) is 19.6 Å². The fraction of sp³-hybridized carbons (Fsp3) is 0.500. The lowest BCUT2D eigenvalue weighted by Crippen LogP contribution is -2.32. The summed E-state index contributed by atoms with van der Waals surface area (Å²) in [5, 5.41) is 6.08.